The number of carbonyl (C=O) groups excluding carboxylic acids is 1. The molecule has 0 aliphatic carbocycles. The molecule has 0 aromatic carbocycles. The first-order valence-electron chi connectivity index (χ1n) is 8.89. The topological polar surface area (TPSA) is 54.3 Å². The van der Waals surface area contributed by atoms with Crippen molar-refractivity contribution in [2.24, 2.45) is 7.05 Å². The van der Waals surface area contributed by atoms with E-state index >= 15 is 0 Å². The summed E-state index contributed by atoms with van der Waals surface area (Å²) in [7, 11) is 1.86. The minimum atomic E-state index is -0.862. The summed E-state index contributed by atoms with van der Waals surface area (Å²) in [5.74, 6) is -2.19. The van der Waals surface area contributed by atoms with Crippen LogP contribution in [0.25, 0.3) is 0 Å². The van der Waals surface area contributed by atoms with Crippen molar-refractivity contribution in [2.75, 3.05) is 13.1 Å². The van der Waals surface area contributed by atoms with Gasteiger partial charge in [0.05, 0.1) is 36.2 Å². The van der Waals surface area contributed by atoms with E-state index in [2.05, 4.69) is 15.0 Å². The van der Waals surface area contributed by atoms with E-state index in [0.29, 0.717) is 13.1 Å². The molecule has 1 saturated heterocycles. The zero-order valence-electron chi connectivity index (χ0n) is 14.7. The van der Waals surface area contributed by atoms with Gasteiger partial charge in [0.15, 0.2) is 5.82 Å². The quantitative estimate of drug-likeness (QED) is 0.787. The summed E-state index contributed by atoms with van der Waals surface area (Å²) in [5, 5.41) is 4.62. The lowest BCUT2D eigenvalue weighted by Crippen LogP contribution is -2.30. The Bertz CT molecular complexity index is 844. The highest BCUT2D eigenvalue weighted by atomic mass is 19.1. The third-order valence-corrected chi connectivity index (χ3v) is 5.21. The second-order valence-corrected chi connectivity index (χ2v) is 6.98. The van der Waals surface area contributed by atoms with Crippen molar-refractivity contribution in [2.45, 2.75) is 38.9 Å². The van der Waals surface area contributed by atoms with Crippen LogP contribution in [0.1, 0.15) is 46.6 Å². The molecule has 1 amide bonds. The molecule has 0 unspecified atom stereocenters. The minimum Gasteiger partial charge on any atom is -0.328 e. The number of carbonyl (C=O) groups is 1. The third kappa shape index (κ3) is 3.09. The van der Waals surface area contributed by atoms with E-state index in [-0.39, 0.29) is 5.56 Å². The van der Waals surface area contributed by atoms with Crippen LogP contribution in [0.4, 0.5) is 8.78 Å². The second-order valence-electron chi connectivity index (χ2n) is 6.98. The monoisotopic (exact) mass is 361 g/mol. The van der Waals surface area contributed by atoms with E-state index in [1.54, 1.807) is 4.68 Å². The number of rotatable bonds is 3. The lowest BCUT2D eigenvalue weighted by Gasteiger charge is -2.26. The van der Waals surface area contributed by atoms with Crippen molar-refractivity contribution < 1.29 is 13.6 Å². The molecule has 0 bridgehead atoms. The number of halogens is 2. The molecule has 0 N–H and O–H groups in total. The summed E-state index contributed by atoms with van der Waals surface area (Å²) < 4.78 is 29.0. The molecule has 6 nitrogen and oxygen atoms in total. The van der Waals surface area contributed by atoms with Gasteiger partial charge in [-0.05, 0) is 25.9 Å². The van der Waals surface area contributed by atoms with E-state index in [9.17, 15) is 13.6 Å². The summed E-state index contributed by atoms with van der Waals surface area (Å²) in [4.78, 5) is 19.8. The predicted molar refractivity (Wildman–Crippen MR) is 90.1 cm³/mol. The number of aryl methyl sites for hydroxylation is 1. The highest BCUT2D eigenvalue weighted by Gasteiger charge is 2.32. The Hall–Kier alpha value is -2.35. The van der Waals surface area contributed by atoms with E-state index in [4.69, 9.17) is 0 Å². The molecular weight excluding hydrogens is 340 g/mol. The van der Waals surface area contributed by atoms with Gasteiger partial charge >= 0.3 is 0 Å². The van der Waals surface area contributed by atoms with Gasteiger partial charge in [-0.2, -0.15) is 9.49 Å². The first kappa shape index (κ1) is 17.1. The molecule has 1 fully saturated rings. The van der Waals surface area contributed by atoms with Crippen LogP contribution in [0.2, 0.25) is 0 Å². The van der Waals surface area contributed by atoms with Gasteiger partial charge in [-0.15, -0.1) is 0 Å². The normalized spacial score (nSPS) is 17.6. The first-order valence-corrected chi connectivity index (χ1v) is 8.89. The molecule has 8 heteroatoms. The van der Waals surface area contributed by atoms with E-state index in [1.807, 2.05) is 7.05 Å². The highest BCUT2D eigenvalue weighted by Crippen LogP contribution is 2.28. The van der Waals surface area contributed by atoms with Crippen LogP contribution in [0, 0.1) is 11.8 Å². The Labute approximate surface area is 150 Å². The molecule has 0 atom stereocenters. The molecule has 2 aromatic heterocycles. The standard InChI is InChI=1S/C18H21F2N5O/c1-23-16-11-25(18(26)12-7-17(20)21-8-14(12)19)9-13(16)15(22-23)10-24-5-3-2-4-6-24/h7-8H,2-6,9-11H2,1H3. The van der Waals surface area contributed by atoms with Crippen LogP contribution in [0.5, 0.6) is 0 Å². The Morgan fingerprint density at radius 2 is 1.96 bits per heavy atom. The molecule has 2 aromatic rings. The number of pyridine rings is 1. The summed E-state index contributed by atoms with van der Waals surface area (Å²) in [5.41, 5.74) is 2.68. The van der Waals surface area contributed by atoms with Crippen molar-refractivity contribution in [3.05, 3.63) is 46.5 Å². The third-order valence-electron chi connectivity index (χ3n) is 5.21. The average Bonchev–Trinajstić information content (AvgIpc) is 3.19. The lowest BCUT2D eigenvalue weighted by molar-refractivity contribution is 0.0742. The molecule has 4 rings (SSSR count). The van der Waals surface area contributed by atoms with Crippen LogP contribution >= 0.6 is 0 Å². The second kappa shape index (κ2) is 6.75. The SMILES string of the molecule is Cn1nc(CN2CCCCC2)c2c1CN(C(=O)c1cc(F)ncc1F)C2. The molecule has 0 radical (unpaired) electrons. The summed E-state index contributed by atoms with van der Waals surface area (Å²) in [6, 6.07) is 0.855. The number of aromatic nitrogens is 3. The van der Waals surface area contributed by atoms with Crippen LogP contribution in [-0.2, 0) is 26.7 Å². The first-order chi connectivity index (χ1) is 12.5. The largest absolute Gasteiger partial charge is 0.328 e. The number of nitrogens with zero attached hydrogens (tertiary/aromatic N) is 5. The van der Waals surface area contributed by atoms with Crippen LogP contribution < -0.4 is 0 Å². The van der Waals surface area contributed by atoms with Gasteiger partial charge in [-0.1, -0.05) is 6.42 Å². The molecule has 0 saturated carbocycles. The lowest BCUT2D eigenvalue weighted by atomic mass is 10.1. The number of piperidine rings is 1. The fourth-order valence-electron chi connectivity index (χ4n) is 3.82. The van der Waals surface area contributed by atoms with Gasteiger partial charge in [0.25, 0.3) is 5.91 Å². The molecule has 2 aliphatic heterocycles. The zero-order chi connectivity index (χ0) is 18.3. The van der Waals surface area contributed by atoms with Gasteiger partial charge in [0, 0.05) is 25.2 Å². The fourth-order valence-corrected chi connectivity index (χ4v) is 3.82. The fraction of sp³-hybridized carbons (Fsp3) is 0.500. The molecule has 4 heterocycles. The van der Waals surface area contributed by atoms with Crippen LogP contribution in [-0.4, -0.2) is 43.6 Å². The van der Waals surface area contributed by atoms with Crippen LogP contribution in [0.15, 0.2) is 12.3 Å². The van der Waals surface area contributed by atoms with Gasteiger partial charge in [0.2, 0.25) is 5.95 Å². The number of hydrogen-bond donors (Lipinski definition) is 0. The Morgan fingerprint density at radius 3 is 2.73 bits per heavy atom. The van der Waals surface area contributed by atoms with Crippen molar-refractivity contribution in [1.29, 1.82) is 0 Å². The van der Waals surface area contributed by atoms with Crippen molar-refractivity contribution >= 4 is 5.91 Å². The van der Waals surface area contributed by atoms with Crippen molar-refractivity contribution in [3.63, 3.8) is 0 Å². The maximum Gasteiger partial charge on any atom is 0.257 e. The minimum absolute atomic E-state index is 0.282. The van der Waals surface area contributed by atoms with E-state index < -0.39 is 17.7 Å². The number of fused-ring (bicyclic) bond motifs is 1. The Balaban J connectivity index is 1.54. The van der Waals surface area contributed by atoms with E-state index in [0.717, 1.165) is 48.8 Å². The predicted octanol–water partition coefficient (Wildman–Crippen LogP) is 2.24. The van der Waals surface area contributed by atoms with Gasteiger partial charge in [-0.25, -0.2) is 9.37 Å². The molecule has 0 spiro atoms. The Morgan fingerprint density at radius 1 is 1.19 bits per heavy atom. The van der Waals surface area contributed by atoms with Crippen LogP contribution in [0.3, 0.4) is 0 Å². The summed E-state index contributed by atoms with van der Waals surface area (Å²) in [6.07, 6.45) is 4.42. The summed E-state index contributed by atoms with van der Waals surface area (Å²) in [6.45, 7) is 3.62. The molecule has 138 valence electrons. The molecular formula is C18H21F2N5O. The Kier molecular flexibility index (Phi) is 4.44. The smallest absolute Gasteiger partial charge is 0.257 e. The number of amides is 1. The van der Waals surface area contributed by atoms with Gasteiger partial charge in [-0.3, -0.25) is 14.4 Å². The maximum absolute atomic E-state index is 13.9. The van der Waals surface area contributed by atoms with Gasteiger partial charge < -0.3 is 4.90 Å². The zero-order valence-corrected chi connectivity index (χ0v) is 14.7. The van der Waals surface area contributed by atoms with Crippen molar-refractivity contribution in [1.82, 2.24) is 24.6 Å². The average molecular weight is 361 g/mol. The molecule has 2 aliphatic rings. The summed E-state index contributed by atoms with van der Waals surface area (Å²) >= 11 is 0. The van der Waals surface area contributed by atoms with Gasteiger partial charge in [0.1, 0.15) is 0 Å². The maximum atomic E-state index is 13.9. The number of hydrogen-bond acceptors (Lipinski definition) is 4. The number of likely N-dealkylation sites (tertiary alicyclic amines) is 1. The van der Waals surface area contributed by atoms with E-state index in [1.165, 1.54) is 24.2 Å². The highest BCUT2D eigenvalue weighted by molar-refractivity contribution is 5.94. The van der Waals surface area contributed by atoms with Crippen molar-refractivity contribution in [3.8, 4) is 0 Å². The molecule has 26 heavy (non-hydrogen) atoms.